The number of halogens is 1. The maximum absolute atomic E-state index is 3.55. The van der Waals surface area contributed by atoms with Gasteiger partial charge < -0.3 is 0 Å². The highest BCUT2D eigenvalue weighted by molar-refractivity contribution is 9.10. The van der Waals surface area contributed by atoms with Gasteiger partial charge in [-0.15, -0.1) is 0 Å². The Labute approximate surface area is 123 Å². The molecule has 1 nitrogen and oxygen atoms in total. The van der Waals surface area contributed by atoms with Crippen LogP contribution in [0.5, 0.6) is 0 Å². The Balaban J connectivity index is 1.76. The summed E-state index contributed by atoms with van der Waals surface area (Å²) in [5.41, 5.74) is 4.41. The summed E-state index contributed by atoms with van der Waals surface area (Å²) in [6.45, 7) is 3.29. The van der Waals surface area contributed by atoms with E-state index in [1.807, 2.05) is 0 Å². The van der Waals surface area contributed by atoms with Crippen LogP contribution in [0.25, 0.3) is 0 Å². The van der Waals surface area contributed by atoms with Gasteiger partial charge in [0.05, 0.1) is 0 Å². The smallest absolute Gasteiger partial charge is 0.0240 e. The molecule has 0 atom stereocenters. The summed E-state index contributed by atoms with van der Waals surface area (Å²) in [6, 6.07) is 17.5. The van der Waals surface area contributed by atoms with Crippen molar-refractivity contribution >= 4 is 15.9 Å². The number of rotatable bonds is 2. The van der Waals surface area contributed by atoms with Gasteiger partial charge >= 0.3 is 0 Å². The third kappa shape index (κ3) is 3.26. The average molecular weight is 316 g/mol. The van der Waals surface area contributed by atoms with Crippen LogP contribution in [-0.2, 0) is 19.5 Å². The first-order valence-electron chi connectivity index (χ1n) is 6.85. The number of fused-ring (bicyclic) bond motifs is 1. The second-order valence-corrected chi connectivity index (χ2v) is 6.13. The summed E-state index contributed by atoms with van der Waals surface area (Å²) in [7, 11) is 0. The van der Waals surface area contributed by atoms with Crippen LogP contribution in [0.3, 0.4) is 0 Å². The SMILES string of the molecule is Brc1cccc(CN2CCCc3ccccc3C2)c1. The lowest BCUT2D eigenvalue weighted by atomic mass is 10.0. The van der Waals surface area contributed by atoms with Gasteiger partial charge in [-0.2, -0.15) is 0 Å². The van der Waals surface area contributed by atoms with Crippen LogP contribution in [0, 0.1) is 0 Å². The molecule has 0 fully saturated rings. The van der Waals surface area contributed by atoms with Crippen LogP contribution >= 0.6 is 15.9 Å². The second-order valence-electron chi connectivity index (χ2n) is 5.21. The minimum absolute atomic E-state index is 1.04. The molecule has 0 aromatic heterocycles. The molecule has 2 heteroatoms. The summed E-state index contributed by atoms with van der Waals surface area (Å²) < 4.78 is 1.17. The Morgan fingerprint density at radius 2 is 1.84 bits per heavy atom. The van der Waals surface area contributed by atoms with Gasteiger partial charge in [-0.3, -0.25) is 4.90 Å². The van der Waals surface area contributed by atoms with Crippen molar-refractivity contribution < 1.29 is 0 Å². The highest BCUT2D eigenvalue weighted by Gasteiger charge is 2.13. The minimum atomic E-state index is 1.04. The van der Waals surface area contributed by atoms with Crippen molar-refractivity contribution in [2.24, 2.45) is 0 Å². The standard InChI is InChI=1S/C17H18BrN/c18-17-9-3-5-14(11-17)12-19-10-4-8-15-6-1-2-7-16(15)13-19/h1-3,5-7,9,11H,4,8,10,12-13H2. The molecular weight excluding hydrogens is 298 g/mol. The molecule has 0 saturated carbocycles. The van der Waals surface area contributed by atoms with Gasteiger partial charge in [0.1, 0.15) is 0 Å². The van der Waals surface area contributed by atoms with E-state index >= 15 is 0 Å². The van der Waals surface area contributed by atoms with E-state index in [0.29, 0.717) is 0 Å². The van der Waals surface area contributed by atoms with Crippen molar-refractivity contribution in [2.75, 3.05) is 6.54 Å². The Bertz CT molecular complexity index is 565. The highest BCUT2D eigenvalue weighted by atomic mass is 79.9. The third-order valence-electron chi connectivity index (χ3n) is 3.73. The van der Waals surface area contributed by atoms with Crippen LogP contribution in [0.2, 0.25) is 0 Å². The predicted molar refractivity (Wildman–Crippen MR) is 83.0 cm³/mol. The zero-order valence-electron chi connectivity index (χ0n) is 11.0. The van der Waals surface area contributed by atoms with E-state index in [9.17, 15) is 0 Å². The monoisotopic (exact) mass is 315 g/mol. The van der Waals surface area contributed by atoms with Crippen LogP contribution in [0.1, 0.15) is 23.1 Å². The van der Waals surface area contributed by atoms with E-state index in [4.69, 9.17) is 0 Å². The van der Waals surface area contributed by atoms with E-state index in [1.165, 1.54) is 40.5 Å². The average Bonchev–Trinajstić information content (AvgIpc) is 2.60. The maximum Gasteiger partial charge on any atom is 0.0240 e. The Morgan fingerprint density at radius 3 is 2.68 bits per heavy atom. The molecule has 0 bridgehead atoms. The number of benzene rings is 2. The van der Waals surface area contributed by atoms with E-state index in [1.54, 1.807) is 0 Å². The highest BCUT2D eigenvalue weighted by Crippen LogP contribution is 2.21. The molecule has 1 aliphatic heterocycles. The minimum Gasteiger partial charge on any atom is -0.295 e. The van der Waals surface area contributed by atoms with Gasteiger partial charge in [0, 0.05) is 17.6 Å². The molecule has 3 rings (SSSR count). The maximum atomic E-state index is 3.55. The fourth-order valence-corrected chi connectivity index (χ4v) is 3.24. The molecule has 0 radical (unpaired) electrons. The van der Waals surface area contributed by atoms with Crippen molar-refractivity contribution in [3.05, 3.63) is 69.7 Å². The molecule has 19 heavy (non-hydrogen) atoms. The van der Waals surface area contributed by atoms with Gasteiger partial charge in [-0.1, -0.05) is 52.3 Å². The number of aryl methyl sites for hydroxylation is 1. The topological polar surface area (TPSA) is 3.24 Å². The van der Waals surface area contributed by atoms with Gasteiger partial charge in [0.15, 0.2) is 0 Å². The zero-order valence-corrected chi connectivity index (χ0v) is 12.6. The van der Waals surface area contributed by atoms with Crippen LogP contribution in [-0.4, -0.2) is 11.4 Å². The van der Waals surface area contributed by atoms with Crippen LogP contribution in [0.4, 0.5) is 0 Å². The van der Waals surface area contributed by atoms with Gasteiger partial charge in [0.2, 0.25) is 0 Å². The van der Waals surface area contributed by atoms with Crippen molar-refractivity contribution in [1.82, 2.24) is 4.90 Å². The summed E-state index contributed by atoms with van der Waals surface area (Å²) in [6.07, 6.45) is 2.47. The molecule has 0 saturated heterocycles. The number of hydrogen-bond acceptors (Lipinski definition) is 1. The molecule has 2 aromatic carbocycles. The predicted octanol–water partition coefficient (Wildman–Crippen LogP) is 4.40. The summed E-state index contributed by atoms with van der Waals surface area (Å²) in [5, 5.41) is 0. The van der Waals surface area contributed by atoms with Crippen molar-refractivity contribution in [2.45, 2.75) is 25.9 Å². The van der Waals surface area contributed by atoms with Crippen LogP contribution < -0.4 is 0 Å². The first-order valence-corrected chi connectivity index (χ1v) is 7.64. The molecule has 1 aliphatic rings. The Morgan fingerprint density at radius 1 is 1.00 bits per heavy atom. The molecule has 98 valence electrons. The van der Waals surface area contributed by atoms with Crippen molar-refractivity contribution in [1.29, 1.82) is 0 Å². The molecule has 1 heterocycles. The lowest BCUT2D eigenvalue weighted by Crippen LogP contribution is -2.22. The van der Waals surface area contributed by atoms with E-state index in [-0.39, 0.29) is 0 Å². The van der Waals surface area contributed by atoms with Crippen molar-refractivity contribution in [3.63, 3.8) is 0 Å². The number of nitrogens with zero attached hydrogens (tertiary/aromatic N) is 1. The summed E-state index contributed by atoms with van der Waals surface area (Å²) in [5.74, 6) is 0. The normalized spacial score (nSPS) is 15.8. The van der Waals surface area contributed by atoms with Crippen molar-refractivity contribution in [3.8, 4) is 0 Å². The summed E-state index contributed by atoms with van der Waals surface area (Å²) in [4.78, 5) is 2.55. The molecule has 2 aromatic rings. The number of hydrogen-bond donors (Lipinski definition) is 0. The lowest BCUT2D eigenvalue weighted by Gasteiger charge is -2.20. The first kappa shape index (κ1) is 12.9. The van der Waals surface area contributed by atoms with Gasteiger partial charge in [-0.25, -0.2) is 0 Å². The Kier molecular flexibility index (Phi) is 4.00. The molecule has 0 aliphatic carbocycles. The zero-order chi connectivity index (χ0) is 13.1. The molecule has 0 spiro atoms. The van der Waals surface area contributed by atoms with E-state index in [0.717, 1.165) is 13.1 Å². The summed E-state index contributed by atoms with van der Waals surface area (Å²) >= 11 is 3.55. The molecule has 0 unspecified atom stereocenters. The molecule has 0 N–H and O–H groups in total. The largest absolute Gasteiger partial charge is 0.295 e. The van der Waals surface area contributed by atoms with Gasteiger partial charge in [0.25, 0.3) is 0 Å². The molecule has 0 amide bonds. The fraction of sp³-hybridized carbons (Fsp3) is 0.294. The van der Waals surface area contributed by atoms with E-state index < -0.39 is 0 Å². The molecular formula is C17H18BrN. The fourth-order valence-electron chi connectivity index (χ4n) is 2.80. The Hall–Kier alpha value is -1.12. The first-order chi connectivity index (χ1) is 9.31. The lowest BCUT2D eigenvalue weighted by molar-refractivity contribution is 0.261. The van der Waals surface area contributed by atoms with Crippen LogP contribution in [0.15, 0.2) is 53.0 Å². The third-order valence-corrected chi connectivity index (χ3v) is 4.22. The van der Waals surface area contributed by atoms with E-state index in [2.05, 4.69) is 69.4 Å². The second kappa shape index (κ2) is 5.89. The van der Waals surface area contributed by atoms with Gasteiger partial charge in [-0.05, 0) is 48.2 Å². The quantitative estimate of drug-likeness (QED) is 0.794.